The van der Waals surface area contributed by atoms with Gasteiger partial charge in [0.1, 0.15) is 0 Å². The lowest BCUT2D eigenvalue weighted by molar-refractivity contribution is 0.282. The van der Waals surface area contributed by atoms with Gasteiger partial charge in [-0.25, -0.2) is 0 Å². The molecule has 0 spiro atoms. The van der Waals surface area contributed by atoms with E-state index >= 15 is 0 Å². The maximum atomic E-state index is 8.77. The van der Waals surface area contributed by atoms with E-state index in [2.05, 4.69) is 0 Å². The van der Waals surface area contributed by atoms with Gasteiger partial charge in [-0.15, -0.1) is 0 Å². The molecule has 0 saturated heterocycles. The fraction of sp³-hybridized carbons (Fsp3) is 0.143. The standard InChI is InChI=1S/C7H9ClN2O/c8-5-1-4(3-11)7(10)6(9)2-5/h1-2,11H,3,9-10H2. The first-order chi connectivity index (χ1) is 5.15. The summed E-state index contributed by atoms with van der Waals surface area (Å²) < 4.78 is 0. The van der Waals surface area contributed by atoms with E-state index in [0.29, 0.717) is 22.0 Å². The van der Waals surface area contributed by atoms with E-state index < -0.39 is 0 Å². The highest BCUT2D eigenvalue weighted by atomic mass is 35.5. The van der Waals surface area contributed by atoms with E-state index in [1.54, 1.807) is 12.1 Å². The highest BCUT2D eigenvalue weighted by Crippen LogP contribution is 2.24. The summed E-state index contributed by atoms with van der Waals surface area (Å²) in [5.41, 5.74) is 12.4. The van der Waals surface area contributed by atoms with Gasteiger partial charge in [0.15, 0.2) is 0 Å². The third kappa shape index (κ3) is 1.56. The van der Waals surface area contributed by atoms with Gasteiger partial charge in [-0.2, -0.15) is 0 Å². The number of nitrogen functional groups attached to an aromatic ring is 2. The van der Waals surface area contributed by atoms with Crippen LogP contribution in [0, 0.1) is 0 Å². The van der Waals surface area contributed by atoms with Crippen LogP contribution in [0.4, 0.5) is 11.4 Å². The molecule has 0 aliphatic carbocycles. The number of benzene rings is 1. The highest BCUT2D eigenvalue weighted by molar-refractivity contribution is 6.31. The van der Waals surface area contributed by atoms with Crippen molar-refractivity contribution in [2.24, 2.45) is 0 Å². The van der Waals surface area contributed by atoms with Gasteiger partial charge in [0.25, 0.3) is 0 Å². The van der Waals surface area contributed by atoms with Gasteiger partial charge < -0.3 is 16.6 Å². The van der Waals surface area contributed by atoms with Crippen molar-refractivity contribution in [2.45, 2.75) is 6.61 Å². The first-order valence-corrected chi connectivity index (χ1v) is 3.47. The van der Waals surface area contributed by atoms with Gasteiger partial charge in [-0.3, -0.25) is 0 Å². The molecule has 0 aliphatic rings. The Morgan fingerprint density at radius 1 is 1.36 bits per heavy atom. The molecule has 4 heteroatoms. The Labute approximate surface area is 69.6 Å². The van der Waals surface area contributed by atoms with Crippen molar-refractivity contribution in [3.8, 4) is 0 Å². The number of aliphatic hydroxyl groups is 1. The summed E-state index contributed by atoms with van der Waals surface area (Å²) in [6, 6.07) is 3.14. The molecular formula is C7H9ClN2O. The molecule has 60 valence electrons. The molecule has 0 saturated carbocycles. The Kier molecular flexibility index (Phi) is 2.22. The maximum absolute atomic E-state index is 8.77. The second-order valence-corrected chi connectivity index (χ2v) is 2.66. The van der Waals surface area contributed by atoms with Gasteiger partial charge in [0.2, 0.25) is 0 Å². The van der Waals surface area contributed by atoms with Crippen LogP contribution in [-0.2, 0) is 6.61 Å². The first-order valence-electron chi connectivity index (χ1n) is 3.09. The number of anilines is 2. The fourth-order valence-corrected chi connectivity index (χ4v) is 1.08. The molecule has 11 heavy (non-hydrogen) atoms. The van der Waals surface area contributed by atoms with E-state index in [-0.39, 0.29) is 6.61 Å². The minimum absolute atomic E-state index is 0.142. The number of hydrogen-bond donors (Lipinski definition) is 3. The minimum atomic E-state index is -0.142. The van der Waals surface area contributed by atoms with Crippen LogP contribution in [0.25, 0.3) is 0 Å². The zero-order valence-corrected chi connectivity index (χ0v) is 6.60. The summed E-state index contributed by atoms with van der Waals surface area (Å²) in [4.78, 5) is 0. The normalized spacial score (nSPS) is 10.0. The molecule has 3 nitrogen and oxygen atoms in total. The number of rotatable bonds is 1. The monoisotopic (exact) mass is 172 g/mol. The van der Waals surface area contributed by atoms with Gasteiger partial charge in [-0.05, 0) is 12.1 Å². The van der Waals surface area contributed by atoms with Crippen LogP contribution in [0.2, 0.25) is 5.02 Å². The molecule has 0 unspecified atom stereocenters. The molecule has 0 bridgehead atoms. The van der Waals surface area contributed by atoms with Crippen LogP contribution < -0.4 is 11.5 Å². The van der Waals surface area contributed by atoms with Crippen LogP contribution in [-0.4, -0.2) is 5.11 Å². The smallest absolute Gasteiger partial charge is 0.0703 e. The maximum Gasteiger partial charge on any atom is 0.0703 e. The van der Waals surface area contributed by atoms with Crippen molar-refractivity contribution in [1.29, 1.82) is 0 Å². The Morgan fingerprint density at radius 2 is 2.00 bits per heavy atom. The average molecular weight is 173 g/mol. The molecule has 0 amide bonds. The second-order valence-electron chi connectivity index (χ2n) is 2.23. The molecule has 0 fully saturated rings. The predicted octanol–water partition coefficient (Wildman–Crippen LogP) is 0.997. The van der Waals surface area contributed by atoms with Crippen molar-refractivity contribution in [3.63, 3.8) is 0 Å². The summed E-state index contributed by atoms with van der Waals surface area (Å²) in [5.74, 6) is 0. The fourth-order valence-electron chi connectivity index (χ4n) is 0.828. The number of hydrogen-bond acceptors (Lipinski definition) is 3. The quantitative estimate of drug-likeness (QED) is 0.554. The van der Waals surface area contributed by atoms with Crippen molar-refractivity contribution >= 4 is 23.0 Å². The summed E-state index contributed by atoms with van der Waals surface area (Å²) in [5, 5.41) is 9.26. The summed E-state index contributed by atoms with van der Waals surface area (Å²) >= 11 is 5.65. The van der Waals surface area contributed by atoms with Gasteiger partial charge in [0.05, 0.1) is 18.0 Å². The molecule has 1 rings (SSSR count). The Bertz CT molecular complexity index is 275. The largest absolute Gasteiger partial charge is 0.397 e. The van der Waals surface area contributed by atoms with E-state index in [0.717, 1.165) is 0 Å². The van der Waals surface area contributed by atoms with Gasteiger partial charge in [0, 0.05) is 10.6 Å². The van der Waals surface area contributed by atoms with Crippen molar-refractivity contribution < 1.29 is 5.11 Å². The average Bonchev–Trinajstić information content (AvgIpc) is 1.96. The Hall–Kier alpha value is -0.930. The number of halogens is 1. The van der Waals surface area contributed by atoms with Crippen LogP contribution in [0.15, 0.2) is 12.1 Å². The summed E-state index contributed by atoms with van der Waals surface area (Å²) in [6.07, 6.45) is 0. The lowest BCUT2D eigenvalue weighted by atomic mass is 10.1. The molecule has 0 aliphatic heterocycles. The highest BCUT2D eigenvalue weighted by Gasteiger charge is 2.02. The number of nitrogens with two attached hydrogens (primary N) is 2. The molecule has 1 aromatic rings. The zero-order valence-electron chi connectivity index (χ0n) is 5.84. The third-order valence-electron chi connectivity index (χ3n) is 1.43. The molecular weight excluding hydrogens is 164 g/mol. The molecule has 0 atom stereocenters. The van der Waals surface area contributed by atoms with Crippen LogP contribution in [0.1, 0.15) is 5.56 Å². The minimum Gasteiger partial charge on any atom is -0.397 e. The summed E-state index contributed by atoms with van der Waals surface area (Å²) in [7, 11) is 0. The van der Waals surface area contributed by atoms with Crippen LogP contribution >= 0.6 is 11.6 Å². The summed E-state index contributed by atoms with van der Waals surface area (Å²) in [6.45, 7) is -0.142. The van der Waals surface area contributed by atoms with Crippen molar-refractivity contribution in [1.82, 2.24) is 0 Å². The van der Waals surface area contributed by atoms with Crippen molar-refractivity contribution in [2.75, 3.05) is 11.5 Å². The third-order valence-corrected chi connectivity index (χ3v) is 1.65. The van der Waals surface area contributed by atoms with Gasteiger partial charge in [-0.1, -0.05) is 11.6 Å². The lowest BCUT2D eigenvalue weighted by Crippen LogP contribution is -1.99. The zero-order chi connectivity index (χ0) is 8.43. The Morgan fingerprint density at radius 3 is 2.55 bits per heavy atom. The van der Waals surface area contributed by atoms with Crippen molar-refractivity contribution in [3.05, 3.63) is 22.7 Å². The second kappa shape index (κ2) is 2.98. The Balaban J connectivity index is 3.24. The van der Waals surface area contributed by atoms with Crippen LogP contribution in [0.5, 0.6) is 0 Å². The lowest BCUT2D eigenvalue weighted by Gasteiger charge is -2.05. The molecule has 5 N–H and O–H groups in total. The van der Waals surface area contributed by atoms with E-state index in [9.17, 15) is 0 Å². The topological polar surface area (TPSA) is 72.3 Å². The molecule has 1 aromatic carbocycles. The van der Waals surface area contributed by atoms with E-state index in [1.807, 2.05) is 0 Å². The molecule has 0 heterocycles. The van der Waals surface area contributed by atoms with E-state index in [1.165, 1.54) is 0 Å². The van der Waals surface area contributed by atoms with Crippen LogP contribution in [0.3, 0.4) is 0 Å². The molecule has 0 aromatic heterocycles. The van der Waals surface area contributed by atoms with Gasteiger partial charge >= 0.3 is 0 Å². The van der Waals surface area contributed by atoms with E-state index in [4.69, 9.17) is 28.2 Å². The molecule has 0 radical (unpaired) electrons. The SMILES string of the molecule is Nc1cc(Cl)cc(CO)c1N. The first kappa shape index (κ1) is 8.17. The predicted molar refractivity (Wildman–Crippen MR) is 46.2 cm³/mol. The number of aliphatic hydroxyl groups excluding tert-OH is 1.